The lowest BCUT2D eigenvalue weighted by molar-refractivity contribution is 0.666. The van der Waals surface area contributed by atoms with Gasteiger partial charge < -0.3 is 8.98 Å². The summed E-state index contributed by atoms with van der Waals surface area (Å²) in [5.41, 5.74) is 8.43. The zero-order valence-corrected chi connectivity index (χ0v) is 31.5. The Morgan fingerprint density at radius 2 is 0.881 bits per heavy atom. The average Bonchev–Trinajstić information content (AvgIpc) is 3.95. The van der Waals surface area contributed by atoms with Crippen LogP contribution in [0.5, 0.6) is 0 Å². The largest absolute Gasteiger partial charge is 0.454 e. The number of hydrogen-bond donors (Lipinski definition) is 0. The molecule has 6 nitrogen and oxygen atoms in total. The van der Waals surface area contributed by atoms with E-state index in [0.29, 0.717) is 17.6 Å². The van der Waals surface area contributed by atoms with Crippen LogP contribution in [0.4, 0.5) is 0 Å². The van der Waals surface area contributed by atoms with Gasteiger partial charge in [-0.3, -0.25) is 4.57 Å². The van der Waals surface area contributed by atoms with E-state index in [9.17, 15) is 0 Å². The van der Waals surface area contributed by atoms with Crippen LogP contribution in [0.2, 0.25) is 0 Å². The van der Waals surface area contributed by atoms with E-state index in [2.05, 4.69) is 185 Å². The van der Waals surface area contributed by atoms with Gasteiger partial charge in [-0.25, -0.2) is 4.98 Å². The van der Waals surface area contributed by atoms with Crippen LogP contribution < -0.4 is 0 Å². The SMILES string of the molecule is c1ccc2cc3c(cc2c1)c1ccccc1n3-c1c(-c2nc(-c3cccc4ccccc34)nc(-n3c4ccccc4c4ccccc43)n2)ccc2c1oc1ccccc12. The van der Waals surface area contributed by atoms with Crippen molar-refractivity contribution in [1.82, 2.24) is 24.1 Å². The molecule has 0 bridgehead atoms. The third kappa shape index (κ3) is 4.65. The smallest absolute Gasteiger partial charge is 0.238 e. The van der Waals surface area contributed by atoms with Gasteiger partial charge in [0.15, 0.2) is 17.2 Å². The summed E-state index contributed by atoms with van der Waals surface area (Å²) in [7, 11) is 0. The van der Waals surface area contributed by atoms with Crippen molar-refractivity contribution in [3.05, 3.63) is 188 Å². The Morgan fingerprint density at radius 3 is 1.61 bits per heavy atom. The molecule has 0 aliphatic heterocycles. The summed E-state index contributed by atoms with van der Waals surface area (Å²) in [6.45, 7) is 0. The van der Waals surface area contributed by atoms with Gasteiger partial charge in [0, 0.05) is 43.4 Å². The molecule has 4 aromatic heterocycles. The molecule has 0 spiro atoms. The Morgan fingerprint density at radius 1 is 0.339 bits per heavy atom. The van der Waals surface area contributed by atoms with E-state index in [1.165, 1.54) is 5.39 Å². The molecule has 0 saturated carbocycles. The van der Waals surface area contributed by atoms with Gasteiger partial charge in [0.05, 0.1) is 22.1 Å². The molecular weight excluding hydrogens is 723 g/mol. The van der Waals surface area contributed by atoms with E-state index in [1.807, 2.05) is 12.1 Å². The van der Waals surface area contributed by atoms with Crippen molar-refractivity contribution >= 4 is 87.1 Å². The monoisotopic (exact) mass is 753 g/mol. The van der Waals surface area contributed by atoms with Gasteiger partial charge in [-0.1, -0.05) is 140 Å². The van der Waals surface area contributed by atoms with Gasteiger partial charge in [0.2, 0.25) is 5.95 Å². The van der Waals surface area contributed by atoms with E-state index in [4.69, 9.17) is 19.4 Å². The van der Waals surface area contributed by atoms with Crippen LogP contribution in [-0.2, 0) is 0 Å². The Labute approximate surface area is 336 Å². The standard InChI is InChI=1S/C53H31N5O/c1-2-16-34-31-47-43(30-33(34)15-1)38-21-7-9-24-44(38)57(47)49-42(29-28-40-39-22-8-12-27-48(39)59-50(40)49)52-54-51(41-23-13-17-32-14-3-4-18-35(32)41)55-53(56-52)58-45-25-10-5-19-36(45)37-20-6-11-26-46(37)58/h1-31H. The van der Waals surface area contributed by atoms with E-state index in [1.54, 1.807) is 0 Å². The summed E-state index contributed by atoms with van der Waals surface area (Å²) < 4.78 is 11.5. The van der Waals surface area contributed by atoms with Gasteiger partial charge >= 0.3 is 0 Å². The van der Waals surface area contributed by atoms with Crippen molar-refractivity contribution in [2.45, 2.75) is 0 Å². The molecule has 9 aromatic carbocycles. The number of nitrogens with zero attached hydrogens (tertiary/aromatic N) is 5. The normalized spacial score (nSPS) is 12.1. The molecule has 0 amide bonds. The predicted molar refractivity (Wildman–Crippen MR) is 242 cm³/mol. The van der Waals surface area contributed by atoms with Gasteiger partial charge in [-0.15, -0.1) is 0 Å². The van der Waals surface area contributed by atoms with E-state index in [-0.39, 0.29) is 0 Å². The van der Waals surface area contributed by atoms with E-state index in [0.717, 1.165) is 98.5 Å². The molecule has 13 rings (SSSR count). The summed E-state index contributed by atoms with van der Waals surface area (Å²) in [5, 5.41) is 11.2. The molecular formula is C53H31N5O. The maximum Gasteiger partial charge on any atom is 0.238 e. The van der Waals surface area contributed by atoms with Crippen molar-refractivity contribution < 1.29 is 4.42 Å². The average molecular weight is 754 g/mol. The van der Waals surface area contributed by atoms with E-state index < -0.39 is 0 Å². The first-order chi connectivity index (χ1) is 29.3. The lowest BCUT2D eigenvalue weighted by Gasteiger charge is -2.16. The van der Waals surface area contributed by atoms with Crippen molar-refractivity contribution in [2.24, 2.45) is 0 Å². The number of aromatic nitrogens is 5. The molecule has 0 unspecified atom stereocenters. The van der Waals surface area contributed by atoms with Crippen molar-refractivity contribution in [1.29, 1.82) is 0 Å². The highest BCUT2D eigenvalue weighted by molar-refractivity contribution is 6.17. The maximum absolute atomic E-state index is 6.95. The molecule has 0 saturated heterocycles. The summed E-state index contributed by atoms with van der Waals surface area (Å²) in [6.07, 6.45) is 0. The van der Waals surface area contributed by atoms with Gasteiger partial charge in [0.1, 0.15) is 11.3 Å². The Bertz CT molecular complexity index is 3810. The quantitative estimate of drug-likeness (QED) is 0.180. The lowest BCUT2D eigenvalue weighted by Crippen LogP contribution is -2.08. The zero-order chi connectivity index (χ0) is 38.6. The number of rotatable bonds is 4. The number of benzene rings is 9. The molecule has 6 heteroatoms. The molecule has 0 radical (unpaired) electrons. The topological polar surface area (TPSA) is 61.7 Å². The second kappa shape index (κ2) is 12.2. The van der Waals surface area contributed by atoms with Crippen molar-refractivity contribution in [3.63, 3.8) is 0 Å². The fraction of sp³-hybridized carbons (Fsp3) is 0. The number of fused-ring (bicyclic) bond motifs is 11. The first-order valence-corrected chi connectivity index (χ1v) is 19.9. The lowest BCUT2D eigenvalue weighted by atomic mass is 10.0. The molecule has 0 N–H and O–H groups in total. The molecule has 4 heterocycles. The predicted octanol–water partition coefficient (Wildman–Crippen LogP) is 13.6. The van der Waals surface area contributed by atoms with E-state index >= 15 is 0 Å². The first kappa shape index (κ1) is 32.0. The molecule has 0 aliphatic rings. The number of para-hydroxylation sites is 4. The van der Waals surface area contributed by atoms with Crippen LogP contribution in [-0.4, -0.2) is 24.1 Å². The Balaban J connectivity index is 1.20. The number of hydrogen-bond acceptors (Lipinski definition) is 4. The minimum atomic E-state index is 0.541. The van der Waals surface area contributed by atoms with Crippen molar-refractivity contribution in [3.8, 4) is 34.4 Å². The molecule has 0 atom stereocenters. The minimum Gasteiger partial charge on any atom is -0.454 e. The third-order valence-electron chi connectivity index (χ3n) is 12.0. The summed E-state index contributed by atoms with van der Waals surface area (Å²) in [6, 6.07) is 66.1. The fourth-order valence-corrected chi connectivity index (χ4v) is 9.34. The molecule has 13 aromatic rings. The second-order valence-electron chi connectivity index (χ2n) is 15.2. The van der Waals surface area contributed by atoms with Crippen LogP contribution in [0.15, 0.2) is 192 Å². The van der Waals surface area contributed by atoms with Gasteiger partial charge in [-0.2, -0.15) is 9.97 Å². The highest BCUT2D eigenvalue weighted by Crippen LogP contribution is 2.44. The maximum atomic E-state index is 6.95. The first-order valence-electron chi connectivity index (χ1n) is 19.9. The molecule has 59 heavy (non-hydrogen) atoms. The van der Waals surface area contributed by atoms with Gasteiger partial charge in [0.25, 0.3) is 0 Å². The van der Waals surface area contributed by atoms with Crippen LogP contribution in [0.1, 0.15) is 0 Å². The molecule has 274 valence electrons. The third-order valence-corrected chi connectivity index (χ3v) is 12.0. The highest BCUT2D eigenvalue weighted by Gasteiger charge is 2.25. The van der Waals surface area contributed by atoms with Gasteiger partial charge in [-0.05, 0) is 70.1 Å². The summed E-state index contributed by atoms with van der Waals surface area (Å²) >= 11 is 0. The van der Waals surface area contributed by atoms with Crippen molar-refractivity contribution in [2.75, 3.05) is 0 Å². The van der Waals surface area contributed by atoms with Crippen LogP contribution >= 0.6 is 0 Å². The summed E-state index contributed by atoms with van der Waals surface area (Å²) in [4.78, 5) is 16.3. The minimum absolute atomic E-state index is 0.541. The molecule has 0 aliphatic carbocycles. The van der Waals surface area contributed by atoms with Crippen LogP contribution in [0.3, 0.4) is 0 Å². The number of furan rings is 1. The van der Waals surface area contributed by atoms with Crippen LogP contribution in [0, 0.1) is 0 Å². The fourth-order valence-electron chi connectivity index (χ4n) is 9.34. The zero-order valence-electron chi connectivity index (χ0n) is 31.5. The Kier molecular flexibility index (Phi) is 6.63. The summed E-state index contributed by atoms with van der Waals surface area (Å²) in [5.74, 6) is 1.68. The Hall–Kier alpha value is -8.09. The second-order valence-corrected chi connectivity index (χ2v) is 15.2. The van der Waals surface area contributed by atoms with Crippen LogP contribution in [0.25, 0.3) is 122 Å². The molecule has 0 fully saturated rings. The highest BCUT2D eigenvalue weighted by atomic mass is 16.3.